The van der Waals surface area contributed by atoms with Crippen LogP contribution in [-0.4, -0.2) is 37.1 Å². The SMILES string of the molecule is CC(C)N1CCN(c2cccc(Br)c2N)CC1. The van der Waals surface area contributed by atoms with Crippen molar-refractivity contribution in [2.24, 2.45) is 0 Å². The molecule has 1 aliphatic heterocycles. The van der Waals surface area contributed by atoms with Crippen LogP contribution in [0.2, 0.25) is 0 Å². The maximum atomic E-state index is 6.11. The highest BCUT2D eigenvalue weighted by molar-refractivity contribution is 9.10. The van der Waals surface area contributed by atoms with Gasteiger partial charge in [-0.05, 0) is 41.9 Å². The summed E-state index contributed by atoms with van der Waals surface area (Å²) in [5.41, 5.74) is 8.11. The van der Waals surface area contributed by atoms with Gasteiger partial charge in [-0.15, -0.1) is 0 Å². The molecule has 0 saturated carbocycles. The number of piperazine rings is 1. The van der Waals surface area contributed by atoms with E-state index in [1.54, 1.807) is 0 Å². The first-order valence-corrected chi connectivity index (χ1v) is 6.92. The lowest BCUT2D eigenvalue weighted by Gasteiger charge is -2.38. The van der Waals surface area contributed by atoms with Crippen molar-refractivity contribution >= 4 is 27.3 Å². The van der Waals surface area contributed by atoms with Crippen molar-refractivity contribution in [2.75, 3.05) is 36.8 Å². The van der Waals surface area contributed by atoms with Gasteiger partial charge >= 0.3 is 0 Å². The lowest BCUT2D eigenvalue weighted by Crippen LogP contribution is -2.49. The van der Waals surface area contributed by atoms with Crippen LogP contribution in [0.15, 0.2) is 22.7 Å². The van der Waals surface area contributed by atoms with Gasteiger partial charge in [-0.1, -0.05) is 6.07 Å². The largest absolute Gasteiger partial charge is 0.396 e. The standard InChI is InChI=1S/C13H20BrN3/c1-10(2)16-6-8-17(9-7-16)12-5-3-4-11(14)13(12)15/h3-5,10H,6-9,15H2,1-2H3. The number of nitrogens with zero attached hydrogens (tertiary/aromatic N) is 2. The number of benzene rings is 1. The van der Waals surface area contributed by atoms with Crippen molar-refractivity contribution < 1.29 is 0 Å². The summed E-state index contributed by atoms with van der Waals surface area (Å²) in [6.45, 7) is 8.84. The second-order valence-corrected chi connectivity index (χ2v) is 5.64. The second-order valence-electron chi connectivity index (χ2n) is 4.79. The molecule has 94 valence electrons. The topological polar surface area (TPSA) is 32.5 Å². The van der Waals surface area contributed by atoms with Crippen LogP contribution in [-0.2, 0) is 0 Å². The predicted octanol–water partition coefficient (Wildman–Crippen LogP) is 2.56. The second kappa shape index (κ2) is 5.27. The summed E-state index contributed by atoms with van der Waals surface area (Å²) in [7, 11) is 0. The van der Waals surface area contributed by atoms with E-state index in [0.717, 1.165) is 42.0 Å². The molecule has 4 heteroatoms. The first-order valence-electron chi connectivity index (χ1n) is 6.12. The van der Waals surface area contributed by atoms with Gasteiger partial charge in [0.1, 0.15) is 0 Å². The van der Waals surface area contributed by atoms with Gasteiger partial charge in [0, 0.05) is 36.7 Å². The molecule has 2 rings (SSSR count). The molecule has 17 heavy (non-hydrogen) atoms. The summed E-state index contributed by atoms with van der Waals surface area (Å²) in [6.07, 6.45) is 0. The maximum absolute atomic E-state index is 6.11. The summed E-state index contributed by atoms with van der Waals surface area (Å²) >= 11 is 3.49. The third-order valence-electron chi connectivity index (χ3n) is 3.42. The van der Waals surface area contributed by atoms with E-state index < -0.39 is 0 Å². The quantitative estimate of drug-likeness (QED) is 0.852. The van der Waals surface area contributed by atoms with Gasteiger partial charge in [0.25, 0.3) is 0 Å². The zero-order chi connectivity index (χ0) is 12.4. The third-order valence-corrected chi connectivity index (χ3v) is 4.11. The van der Waals surface area contributed by atoms with Crippen molar-refractivity contribution in [3.05, 3.63) is 22.7 Å². The first-order chi connectivity index (χ1) is 8.09. The molecule has 2 N–H and O–H groups in total. The van der Waals surface area contributed by atoms with E-state index in [-0.39, 0.29) is 0 Å². The van der Waals surface area contributed by atoms with Crippen LogP contribution in [0.25, 0.3) is 0 Å². The van der Waals surface area contributed by atoms with Crippen molar-refractivity contribution in [3.8, 4) is 0 Å². The highest BCUT2D eigenvalue weighted by atomic mass is 79.9. The number of para-hydroxylation sites is 1. The number of nitrogens with two attached hydrogens (primary N) is 1. The number of hydrogen-bond donors (Lipinski definition) is 1. The fourth-order valence-corrected chi connectivity index (χ4v) is 2.64. The van der Waals surface area contributed by atoms with Gasteiger partial charge in [0.15, 0.2) is 0 Å². The van der Waals surface area contributed by atoms with Crippen LogP contribution in [0.4, 0.5) is 11.4 Å². The first kappa shape index (κ1) is 12.7. The molecular weight excluding hydrogens is 278 g/mol. The molecule has 1 aromatic carbocycles. The van der Waals surface area contributed by atoms with Crippen LogP contribution in [0.5, 0.6) is 0 Å². The van der Waals surface area contributed by atoms with Gasteiger partial charge in [-0.2, -0.15) is 0 Å². The molecule has 1 aliphatic rings. The zero-order valence-electron chi connectivity index (χ0n) is 10.5. The Morgan fingerprint density at radius 3 is 2.41 bits per heavy atom. The Kier molecular flexibility index (Phi) is 3.94. The number of halogens is 1. The molecule has 1 fully saturated rings. The van der Waals surface area contributed by atoms with Crippen molar-refractivity contribution in [2.45, 2.75) is 19.9 Å². The summed E-state index contributed by atoms with van der Waals surface area (Å²) in [4.78, 5) is 4.88. The Morgan fingerprint density at radius 2 is 1.82 bits per heavy atom. The van der Waals surface area contributed by atoms with Gasteiger partial charge in [-0.25, -0.2) is 0 Å². The molecule has 0 aliphatic carbocycles. The molecule has 0 radical (unpaired) electrons. The molecule has 0 unspecified atom stereocenters. The van der Waals surface area contributed by atoms with E-state index >= 15 is 0 Å². The smallest absolute Gasteiger partial charge is 0.0696 e. The molecule has 0 aromatic heterocycles. The average molecular weight is 298 g/mol. The fourth-order valence-electron chi connectivity index (χ4n) is 2.28. The van der Waals surface area contributed by atoms with E-state index in [1.165, 1.54) is 0 Å². The highest BCUT2D eigenvalue weighted by Crippen LogP contribution is 2.30. The Hall–Kier alpha value is -0.740. The number of rotatable bonds is 2. The number of hydrogen-bond acceptors (Lipinski definition) is 3. The van der Waals surface area contributed by atoms with Gasteiger partial charge in [0.2, 0.25) is 0 Å². The molecule has 0 amide bonds. The lowest BCUT2D eigenvalue weighted by atomic mass is 10.2. The van der Waals surface area contributed by atoms with Crippen LogP contribution in [0, 0.1) is 0 Å². The minimum absolute atomic E-state index is 0.636. The molecule has 0 spiro atoms. The van der Waals surface area contributed by atoms with Crippen molar-refractivity contribution in [1.29, 1.82) is 0 Å². The zero-order valence-corrected chi connectivity index (χ0v) is 12.1. The molecule has 0 atom stereocenters. The number of anilines is 2. The minimum atomic E-state index is 0.636. The lowest BCUT2D eigenvalue weighted by molar-refractivity contribution is 0.209. The number of nitrogen functional groups attached to an aromatic ring is 1. The van der Waals surface area contributed by atoms with Crippen LogP contribution in [0.1, 0.15) is 13.8 Å². The Labute approximate surface area is 112 Å². The normalized spacial score (nSPS) is 17.8. The summed E-state index contributed by atoms with van der Waals surface area (Å²) in [5.74, 6) is 0. The Balaban J connectivity index is 2.08. The Bertz CT molecular complexity index is 384. The monoisotopic (exact) mass is 297 g/mol. The fraction of sp³-hybridized carbons (Fsp3) is 0.538. The van der Waals surface area contributed by atoms with Gasteiger partial charge < -0.3 is 10.6 Å². The van der Waals surface area contributed by atoms with Crippen LogP contribution in [0.3, 0.4) is 0 Å². The third kappa shape index (κ3) is 2.75. The molecular formula is C13H20BrN3. The highest BCUT2D eigenvalue weighted by Gasteiger charge is 2.20. The van der Waals surface area contributed by atoms with E-state index in [2.05, 4.69) is 45.6 Å². The Morgan fingerprint density at radius 1 is 1.18 bits per heavy atom. The van der Waals surface area contributed by atoms with Crippen molar-refractivity contribution in [3.63, 3.8) is 0 Å². The van der Waals surface area contributed by atoms with E-state index in [9.17, 15) is 0 Å². The summed E-state index contributed by atoms with van der Waals surface area (Å²) in [6, 6.07) is 6.77. The van der Waals surface area contributed by atoms with Gasteiger partial charge in [0.05, 0.1) is 11.4 Å². The van der Waals surface area contributed by atoms with E-state index in [0.29, 0.717) is 6.04 Å². The van der Waals surface area contributed by atoms with Gasteiger partial charge in [-0.3, -0.25) is 4.90 Å². The van der Waals surface area contributed by atoms with Crippen molar-refractivity contribution in [1.82, 2.24) is 4.90 Å². The summed E-state index contributed by atoms with van der Waals surface area (Å²) < 4.78 is 0.987. The van der Waals surface area contributed by atoms with E-state index in [4.69, 9.17) is 5.73 Å². The molecule has 1 saturated heterocycles. The molecule has 0 bridgehead atoms. The summed E-state index contributed by atoms with van der Waals surface area (Å²) in [5, 5.41) is 0. The molecule has 3 nitrogen and oxygen atoms in total. The van der Waals surface area contributed by atoms with Crippen LogP contribution < -0.4 is 10.6 Å². The van der Waals surface area contributed by atoms with Crippen LogP contribution >= 0.6 is 15.9 Å². The predicted molar refractivity (Wildman–Crippen MR) is 77.5 cm³/mol. The molecule has 1 aromatic rings. The van der Waals surface area contributed by atoms with E-state index in [1.807, 2.05) is 12.1 Å². The molecule has 1 heterocycles. The maximum Gasteiger partial charge on any atom is 0.0696 e. The average Bonchev–Trinajstić information content (AvgIpc) is 2.33. The minimum Gasteiger partial charge on any atom is -0.396 e.